The van der Waals surface area contributed by atoms with E-state index in [0.717, 1.165) is 27.2 Å². The van der Waals surface area contributed by atoms with E-state index in [2.05, 4.69) is 36.3 Å². The Balaban J connectivity index is 1.57. The lowest BCUT2D eigenvalue weighted by molar-refractivity contribution is 0.0950. The molecule has 130 valence electrons. The van der Waals surface area contributed by atoms with Crippen molar-refractivity contribution < 1.29 is 9.53 Å². The van der Waals surface area contributed by atoms with Gasteiger partial charge in [-0.25, -0.2) is 4.98 Å². The lowest BCUT2D eigenvalue weighted by Crippen LogP contribution is -2.28. The fourth-order valence-corrected chi connectivity index (χ4v) is 3.59. The van der Waals surface area contributed by atoms with Gasteiger partial charge in [-0.05, 0) is 18.4 Å². The van der Waals surface area contributed by atoms with Gasteiger partial charge in [0.2, 0.25) is 0 Å². The molecule has 0 aliphatic heterocycles. The molecule has 0 aliphatic rings. The van der Waals surface area contributed by atoms with Crippen molar-refractivity contribution in [2.24, 2.45) is 0 Å². The van der Waals surface area contributed by atoms with Crippen molar-refractivity contribution in [3.05, 3.63) is 58.0 Å². The first-order valence-electron chi connectivity index (χ1n) is 8.42. The van der Waals surface area contributed by atoms with Gasteiger partial charge in [-0.2, -0.15) is 0 Å². The molecule has 0 spiro atoms. The minimum absolute atomic E-state index is 0.0802. The van der Waals surface area contributed by atoms with Crippen LogP contribution in [-0.2, 0) is 0 Å². The topological polar surface area (TPSA) is 51.2 Å². The van der Waals surface area contributed by atoms with Crippen molar-refractivity contribution in [1.29, 1.82) is 0 Å². The van der Waals surface area contributed by atoms with Crippen LogP contribution < -0.4 is 10.1 Å². The van der Waals surface area contributed by atoms with Gasteiger partial charge in [0.25, 0.3) is 5.91 Å². The van der Waals surface area contributed by atoms with Gasteiger partial charge in [-0.1, -0.05) is 50.2 Å². The van der Waals surface area contributed by atoms with Crippen molar-refractivity contribution in [2.45, 2.75) is 26.7 Å². The number of aryl methyl sites for hydroxylation is 1. The van der Waals surface area contributed by atoms with Crippen molar-refractivity contribution in [3.8, 4) is 5.75 Å². The van der Waals surface area contributed by atoms with Gasteiger partial charge in [0, 0.05) is 11.3 Å². The Morgan fingerprint density at radius 3 is 2.72 bits per heavy atom. The van der Waals surface area contributed by atoms with E-state index in [0.29, 0.717) is 23.9 Å². The van der Waals surface area contributed by atoms with Crippen LogP contribution in [0.5, 0.6) is 5.75 Å². The van der Waals surface area contributed by atoms with Crippen molar-refractivity contribution in [2.75, 3.05) is 13.2 Å². The van der Waals surface area contributed by atoms with Crippen LogP contribution in [0.3, 0.4) is 0 Å². The Kier molecular flexibility index (Phi) is 5.34. The third kappa shape index (κ3) is 3.99. The van der Waals surface area contributed by atoms with E-state index in [-0.39, 0.29) is 5.91 Å². The molecule has 3 rings (SSSR count). The number of benzene rings is 2. The highest BCUT2D eigenvalue weighted by Crippen LogP contribution is 2.25. The second-order valence-electron chi connectivity index (χ2n) is 6.20. The number of carbonyl (C=O) groups excluding carboxylic acids is 1. The molecule has 0 atom stereocenters. The van der Waals surface area contributed by atoms with E-state index in [1.54, 1.807) is 0 Å². The fourth-order valence-electron chi connectivity index (χ4n) is 2.60. The Bertz CT molecular complexity index is 881. The van der Waals surface area contributed by atoms with Gasteiger partial charge in [0.15, 0.2) is 0 Å². The van der Waals surface area contributed by atoms with E-state index in [4.69, 9.17) is 4.74 Å². The maximum atomic E-state index is 12.3. The summed E-state index contributed by atoms with van der Waals surface area (Å²) >= 11 is 1.47. The van der Waals surface area contributed by atoms with Crippen LogP contribution in [0.1, 0.15) is 40.1 Å². The standard InChI is InChI=1S/C20H22N2O2S/c1-13(2)20-22-14(3)18(25-20)19(23)21-11-12-24-17-10-6-8-15-7-4-5-9-16(15)17/h4-10,13H,11-12H2,1-3H3,(H,21,23). The second-order valence-corrected chi connectivity index (χ2v) is 7.23. The van der Waals surface area contributed by atoms with Gasteiger partial charge in [-0.3, -0.25) is 4.79 Å². The smallest absolute Gasteiger partial charge is 0.263 e. The zero-order valence-corrected chi connectivity index (χ0v) is 15.5. The van der Waals surface area contributed by atoms with Crippen LogP contribution in [-0.4, -0.2) is 24.0 Å². The quantitative estimate of drug-likeness (QED) is 0.661. The average molecular weight is 354 g/mol. The summed E-state index contributed by atoms with van der Waals surface area (Å²) in [6, 6.07) is 14.1. The Morgan fingerprint density at radius 2 is 1.96 bits per heavy atom. The molecular formula is C20H22N2O2S. The number of thiazole rings is 1. The zero-order chi connectivity index (χ0) is 17.8. The maximum absolute atomic E-state index is 12.3. The number of fused-ring (bicyclic) bond motifs is 1. The number of carbonyl (C=O) groups is 1. The van der Waals surface area contributed by atoms with Gasteiger partial charge >= 0.3 is 0 Å². The molecule has 0 unspecified atom stereocenters. The molecule has 1 N–H and O–H groups in total. The molecule has 0 radical (unpaired) electrons. The highest BCUT2D eigenvalue weighted by molar-refractivity contribution is 7.13. The van der Waals surface area contributed by atoms with Crippen LogP contribution >= 0.6 is 11.3 Å². The maximum Gasteiger partial charge on any atom is 0.263 e. The molecule has 0 bridgehead atoms. The lowest BCUT2D eigenvalue weighted by Gasteiger charge is -2.10. The minimum Gasteiger partial charge on any atom is -0.491 e. The first kappa shape index (κ1) is 17.4. The highest BCUT2D eigenvalue weighted by atomic mass is 32.1. The largest absolute Gasteiger partial charge is 0.491 e. The molecule has 4 nitrogen and oxygen atoms in total. The molecule has 5 heteroatoms. The van der Waals surface area contributed by atoms with E-state index in [1.165, 1.54) is 11.3 Å². The number of amides is 1. The number of rotatable bonds is 6. The molecule has 2 aromatic carbocycles. The number of nitrogens with one attached hydrogen (secondary N) is 1. The number of hydrogen-bond donors (Lipinski definition) is 1. The molecule has 0 saturated heterocycles. The summed E-state index contributed by atoms with van der Waals surface area (Å²) in [5.74, 6) is 1.09. The van der Waals surface area contributed by atoms with E-state index in [1.807, 2.05) is 37.3 Å². The monoisotopic (exact) mass is 354 g/mol. The van der Waals surface area contributed by atoms with E-state index < -0.39 is 0 Å². The Morgan fingerprint density at radius 1 is 1.20 bits per heavy atom. The molecule has 0 aliphatic carbocycles. The van der Waals surface area contributed by atoms with Crippen LogP contribution in [0.15, 0.2) is 42.5 Å². The molecule has 1 amide bonds. The third-order valence-electron chi connectivity index (χ3n) is 3.91. The molecule has 0 fully saturated rings. The highest BCUT2D eigenvalue weighted by Gasteiger charge is 2.16. The average Bonchev–Trinajstić information content (AvgIpc) is 3.01. The predicted molar refractivity (Wildman–Crippen MR) is 103 cm³/mol. The summed E-state index contributed by atoms with van der Waals surface area (Å²) < 4.78 is 5.85. The van der Waals surface area contributed by atoms with E-state index >= 15 is 0 Å². The molecule has 1 heterocycles. The van der Waals surface area contributed by atoms with Crippen LogP contribution in [0, 0.1) is 6.92 Å². The van der Waals surface area contributed by atoms with Crippen LogP contribution in [0.2, 0.25) is 0 Å². The van der Waals surface area contributed by atoms with Crippen molar-refractivity contribution in [3.63, 3.8) is 0 Å². The van der Waals surface area contributed by atoms with Gasteiger partial charge < -0.3 is 10.1 Å². The predicted octanol–water partition coefficient (Wildman–Crippen LogP) is 4.54. The Labute approximate surface area is 151 Å². The van der Waals surface area contributed by atoms with Crippen molar-refractivity contribution >= 4 is 28.0 Å². The fraction of sp³-hybridized carbons (Fsp3) is 0.300. The van der Waals surface area contributed by atoms with Gasteiger partial charge in [-0.15, -0.1) is 11.3 Å². The van der Waals surface area contributed by atoms with E-state index in [9.17, 15) is 4.79 Å². The summed E-state index contributed by atoms with van der Waals surface area (Å²) in [5.41, 5.74) is 0.793. The van der Waals surface area contributed by atoms with Gasteiger partial charge in [0.1, 0.15) is 17.2 Å². The number of aromatic nitrogens is 1. The first-order chi connectivity index (χ1) is 12.1. The van der Waals surface area contributed by atoms with Crippen LogP contribution in [0.4, 0.5) is 0 Å². The first-order valence-corrected chi connectivity index (χ1v) is 9.24. The molecule has 3 aromatic rings. The Hall–Kier alpha value is -2.40. The number of nitrogens with zero attached hydrogens (tertiary/aromatic N) is 1. The third-order valence-corrected chi connectivity index (χ3v) is 5.36. The van der Waals surface area contributed by atoms with Crippen molar-refractivity contribution in [1.82, 2.24) is 10.3 Å². The summed E-state index contributed by atoms with van der Waals surface area (Å²) in [7, 11) is 0. The van der Waals surface area contributed by atoms with Gasteiger partial charge in [0.05, 0.1) is 17.2 Å². The van der Waals surface area contributed by atoms with Crippen LogP contribution in [0.25, 0.3) is 10.8 Å². The molecule has 25 heavy (non-hydrogen) atoms. The zero-order valence-electron chi connectivity index (χ0n) is 14.7. The summed E-state index contributed by atoms with van der Waals surface area (Å²) in [6.45, 7) is 6.92. The lowest BCUT2D eigenvalue weighted by atomic mass is 10.1. The summed E-state index contributed by atoms with van der Waals surface area (Å²) in [6.07, 6.45) is 0. The number of ether oxygens (including phenoxy) is 1. The minimum atomic E-state index is -0.0802. The SMILES string of the molecule is Cc1nc(C(C)C)sc1C(=O)NCCOc1cccc2ccccc12. The number of hydrogen-bond acceptors (Lipinski definition) is 4. The molecule has 1 aromatic heterocycles. The normalized spacial score (nSPS) is 11.0. The second kappa shape index (κ2) is 7.66. The molecule has 0 saturated carbocycles. The summed E-state index contributed by atoms with van der Waals surface area (Å²) in [4.78, 5) is 17.5. The summed E-state index contributed by atoms with van der Waals surface area (Å²) in [5, 5.41) is 6.14. The molecular weight excluding hydrogens is 332 g/mol.